The van der Waals surface area contributed by atoms with Gasteiger partial charge in [-0.2, -0.15) is 9.57 Å². The number of halogens is 1. The van der Waals surface area contributed by atoms with Crippen LogP contribution in [0.5, 0.6) is 0 Å². The largest absolute Gasteiger partial charge is 0.348 e. The van der Waals surface area contributed by atoms with E-state index in [0.717, 1.165) is 4.31 Å². The van der Waals surface area contributed by atoms with Crippen molar-refractivity contribution in [1.29, 1.82) is 5.26 Å². The van der Waals surface area contributed by atoms with Gasteiger partial charge in [0, 0.05) is 21.1 Å². The van der Waals surface area contributed by atoms with Crippen molar-refractivity contribution in [3.63, 3.8) is 0 Å². The van der Waals surface area contributed by atoms with E-state index in [-0.39, 0.29) is 27.9 Å². The van der Waals surface area contributed by atoms with Crippen LogP contribution in [0.4, 0.5) is 0 Å². The van der Waals surface area contributed by atoms with Crippen molar-refractivity contribution < 1.29 is 13.2 Å². The first kappa shape index (κ1) is 16.4. The number of hydrogen-bond donors (Lipinski definition) is 0. The van der Waals surface area contributed by atoms with Gasteiger partial charge < -0.3 is 4.90 Å². The molecule has 0 aliphatic carbocycles. The zero-order chi connectivity index (χ0) is 15.5. The van der Waals surface area contributed by atoms with E-state index in [9.17, 15) is 13.2 Å². The second-order valence-electron chi connectivity index (χ2n) is 4.31. The van der Waals surface area contributed by atoms with Gasteiger partial charge >= 0.3 is 0 Å². The lowest BCUT2D eigenvalue weighted by molar-refractivity contribution is -0.128. The SMILES string of the molecule is CN(C)C(=O)CN(C)S(=O)(=O)c1cc(C#N)ccc1Cl. The number of carbonyl (C=O) groups excluding carboxylic acids is 1. The molecule has 0 fully saturated rings. The standard InChI is InChI=1S/C12H14ClN3O3S/c1-15(2)12(17)8-16(3)20(18,19)11-6-9(7-14)4-5-10(11)13/h4-6H,8H2,1-3H3. The van der Waals surface area contributed by atoms with Crippen molar-refractivity contribution in [3.05, 3.63) is 28.8 Å². The summed E-state index contributed by atoms with van der Waals surface area (Å²) in [5, 5.41) is 8.82. The Morgan fingerprint density at radius 2 is 1.95 bits per heavy atom. The normalized spacial score (nSPS) is 11.2. The molecule has 0 heterocycles. The van der Waals surface area contributed by atoms with Gasteiger partial charge in [-0.15, -0.1) is 0 Å². The summed E-state index contributed by atoms with van der Waals surface area (Å²) in [4.78, 5) is 12.7. The molecule has 1 aromatic carbocycles. The Morgan fingerprint density at radius 1 is 1.35 bits per heavy atom. The number of sulfonamides is 1. The number of amides is 1. The Bertz CT molecular complexity index is 665. The zero-order valence-electron chi connectivity index (χ0n) is 11.3. The lowest BCUT2D eigenvalue weighted by Gasteiger charge is -2.19. The quantitative estimate of drug-likeness (QED) is 0.827. The molecule has 8 heteroatoms. The molecule has 0 N–H and O–H groups in total. The van der Waals surface area contributed by atoms with E-state index < -0.39 is 10.0 Å². The number of hydrogen-bond acceptors (Lipinski definition) is 4. The van der Waals surface area contributed by atoms with Gasteiger partial charge in [-0.3, -0.25) is 4.79 Å². The Balaban J connectivity index is 3.17. The first-order valence-electron chi connectivity index (χ1n) is 5.56. The van der Waals surface area contributed by atoms with Gasteiger partial charge in [0.15, 0.2) is 0 Å². The van der Waals surface area contributed by atoms with E-state index in [1.807, 2.05) is 6.07 Å². The Morgan fingerprint density at radius 3 is 2.45 bits per heavy atom. The molecule has 0 saturated carbocycles. The molecule has 20 heavy (non-hydrogen) atoms. The van der Waals surface area contributed by atoms with Crippen molar-refractivity contribution in [3.8, 4) is 6.07 Å². The van der Waals surface area contributed by atoms with Gasteiger partial charge in [0.2, 0.25) is 15.9 Å². The van der Waals surface area contributed by atoms with Crippen molar-refractivity contribution in [2.24, 2.45) is 0 Å². The van der Waals surface area contributed by atoms with E-state index in [1.54, 1.807) is 0 Å². The van der Waals surface area contributed by atoms with Gasteiger partial charge in [-0.05, 0) is 18.2 Å². The fourth-order valence-electron chi connectivity index (χ4n) is 1.36. The molecule has 1 aromatic rings. The number of benzene rings is 1. The molecule has 0 radical (unpaired) electrons. The fourth-order valence-corrected chi connectivity index (χ4v) is 2.97. The third-order valence-corrected chi connectivity index (χ3v) is 4.89. The fraction of sp³-hybridized carbons (Fsp3) is 0.333. The van der Waals surface area contributed by atoms with E-state index in [0.29, 0.717) is 0 Å². The molecule has 0 atom stereocenters. The first-order chi connectivity index (χ1) is 9.20. The monoisotopic (exact) mass is 315 g/mol. The summed E-state index contributed by atoms with van der Waals surface area (Å²) >= 11 is 5.87. The third kappa shape index (κ3) is 3.48. The van der Waals surface area contributed by atoms with Gasteiger partial charge in [0.05, 0.1) is 23.2 Å². The predicted octanol–water partition coefficient (Wildman–Crippen LogP) is 0.920. The molecule has 1 rings (SSSR count). The number of rotatable bonds is 4. The molecular formula is C12H14ClN3O3S. The second kappa shape index (κ2) is 6.22. The molecule has 0 aromatic heterocycles. The van der Waals surface area contributed by atoms with Crippen LogP contribution in [0.25, 0.3) is 0 Å². The van der Waals surface area contributed by atoms with Crippen LogP contribution < -0.4 is 0 Å². The lowest BCUT2D eigenvalue weighted by atomic mass is 10.2. The van der Waals surface area contributed by atoms with Gasteiger partial charge in [-0.1, -0.05) is 11.6 Å². The molecule has 0 bridgehead atoms. The molecule has 108 valence electrons. The average molecular weight is 316 g/mol. The van der Waals surface area contributed by atoms with Gasteiger partial charge in [-0.25, -0.2) is 8.42 Å². The molecular weight excluding hydrogens is 302 g/mol. The smallest absolute Gasteiger partial charge is 0.244 e. The van der Waals surface area contributed by atoms with Crippen molar-refractivity contribution in [2.75, 3.05) is 27.7 Å². The van der Waals surface area contributed by atoms with Crippen LogP contribution in [0, 0.1) is 11.3 Å². The Kier molecular flexibility index (Phi) is 5.11. The van der Waals surface area contributed by atoms with Crippen molar-refractivity contribution in [1.82, 2.24) is 9.21 Å². The van der Waals surface area contributed by atoms with Gasteiger partial charge in [0.25, 0.3) is 0 Å². The molecule has 0 saturated heterocycles. The average Bonchev–Trinajstić information content (AvgIpc) is 2.38. The van der Waals surface area contributed by atoms with E-state index in [2.05, 4.69) is 0 Å². The van der Waals surface area contributed by atoms with Crippen LogP contribution in [-0.4, -0.2) is 51.2 Å². The predicted molar refractivity (Wildman–Crippen MR) is 74.7 cm³/mol. The number of likely N-dealkylation sites (N-methyl/N-ethyl adjacent to an activating group) is 2. The number of nitrogens with zero attached hydrogens (tertiary/aromatic N) is 3. The highest BCUT2D eigenvalue weighted by atomic mass is 35.5. The summed E-state index contributed by atoms with van der Waals surface area (Å²) in [6.07, 6.45) is 0. The molecule has 0 aliphatic rings. The topological polar surface area (TPSA) is 81.5 Å². The molecule has 0 unspecified atom stereocenters. The van der Waals surface area contributed by atoms with E-state index >= 15 is 0 Å². The summed E-state index contributed by atoms with van der Waals surface area (Å²) in [6, 6.07) is 5.80. The molecule has 6 nitrogen and oxygen atoms in total. The van der Waals surface area contributed by atoms with Gasteiger partial charge in [0.1, 0.15) is 4.90 Å². The Hall–Kier alpha value is -1.62. The highest BCUT2D eigenvalue weighted by Gasteiger charge is 2.26. The summed E-state index contributed by atoms with van der Waals surface area (Å²) in [7, 11) is 0.423. The summed E-state index contributed by atoms with van der Waals surface area (Å²) in [6.45, 7) is -0.303. The maximum Gasteiger partial charge on any atom is 0.244 e. The van der Waals surface area contributed by atoms with Crippen LogP contribution in [-0.2, 0) is 14.8 Å². The van der Waals surface area contributed by atoms with Crippen molar-refractivity contribution in [2.45, 2.75) is 4.90 Å². The lowest BCUT2D eigenvalue weighted by Crippen LogP contribution is -2.37. The van der Waals surface area contributed by atoms with Crippen LogP contribution in [0.15, 0.2) is 23.1 Å². The summed E-state index contributed by atoms with van der Waals surface area (Å²) in [5.74, 6) is -0.358. The summed E-state index contributed by atoms with van der Waals surface area (Å²) < 4.78 is 25.6. The van der Waals surface area contributed by atoms with E-state index in [4.69, 9.17) is 16.9 Å². The minimum Gasteiger partial charge on any atom is -0.348 e. The minimum absolute atomic E-state index is 0.00755. The highest BCUT2D eigenvalue weighted by Crippen LogP contribution is 2.25. The number of nitriles is 1. The second-order valence-corrected chi connectivity index (χ2v) is 6.73. The van der Waals surface area contributed by atoms with Crippen LogP contribution in [0.3, 0.4) is 0 Å². The molecule has 0 aliphatic heterocycles. The summed E-state index contributed by atoms with van der Waals surface area (Å²) in [5.41, 5.74) is 0.181. The van der Waals surface area contributed by atoms with Crippen molar-refractivity contribution >= 4 is 27.5 Å². The highest BCUT2D eigenvalue weighted by molar-refractivity contribution is 7.89. The minimum atomic E-state index is -3.93. The molecule has 1 amide bonds. The Labute approximate surface area is 123 Å². The zero-order valence-corrected chi connectivity index (χ0v) is 12.9. The third-order valence-electron chi connectivity index (χ3n) is 2.61. The van der Waals surface area contributed by atoms with Crippen LogP contribution in [0.1, 0.15) is 5.56 Å². The maximum absolute atomic E-state index is 12.3. The van der Waals surface area contributed by atoms with Crippen LogP contribution in [0.2, 0.25) is 5.02 Å². The molecule has 0 spiro atoms. The first-order valence-corrected chi connectivity index (χ1v) is 7.38. The van der Waals surface area contributed by atoms with E-state index in [1.165, 1.54) is 44.2 Å². The van der Waals surface area contributed by atoms with Crippen LogP contribution >= 0.6 is 11.6 Å². The maximum atomic E-state index is 12.3. The number of carbonyl (C=O) groups is 1.